The largest absolute Gasteiger partial charge is 0.467 e. The van der Waals surface area contributed by atoms with E-state index in [1.54, 1.807) is 0 Å². The van der Waals surface area contributed by atoms with Crippen molar-refractivity contribution < 1.29 is 34.4 Å². The molecule has 0 saturated heterocycles. The van der Waals surface area contributed by atoms with E-state index < -0.39 is 35.8 Å². The Morgan fingerprint density at radius 2 is 1.87 bits per heavy atom. The van der Waals surface area contributed by atoms with Crippen molar-refractivity contribution in [2.24, 2.45) is 0 Å². The van der Waals surface area contributed by atoms with Gasteiger partial charge in [-0.2, -0.15) is 0 Å². The SMILES string of the molecule is COC(=O)[C@@](C)(O)C(=O)[C@H](O)C(=O)CO. The summed E-state index contributed by atoms with van der Waals surface area (Å²) in [5.74, 6) is -3.94. The molecule has 0 fully saturated rings. The molecule has 0 aliphatic carbocycles. The lowest BCUT2D eigenvalue weighted by Crippen LogP contribution is -2.52. The Balaban J connectivity index is 4.84. The molecule has 0 amide bonds. The van der Waals surface area contributed by atoms with Crippen LogP contribution in [-0.2, 0) is 19.1 Å². The summed E-state index contributed by atoms with van der Waals surface area (Å²) in [6.07, 6.45) is -2.25. The van der Waals surface area contributed by atoms with Gasteiger partial charge in [-0.3, -0.25) is 9.59 Å². The van der Waals surface area contributed by atoms with Gasteiger partial charge in [-0.15, -0.1) is 0 Å². The van der Waals surface area contributed by atoms with Crippen LogP contribution in [0, 0.1) is 0 Å². The number of carbonyl (C=O) groups is 3. The number of aliphatic hydroxyl groups is 3. The van der Waals surface area contributed by atoms with Crippen LogP contribution in [0.1, 0.15) is 6.92 Å². The van der Waals surface area contributed by atoms with Gasteiger partial charge in [-0.1, -0.05) is 0 Å². The molecule has 0 spiro atoms. The molecule has 0 saturated carbocycles. The highest BCUT2D eigenvalue weighted by atomic mass is 16.5. The summed E-state index contributed by atoms with van der Waals surface area (Å²) in [6, 6.07) is 0. The molecular formula is C8H12O7. The number of ether oxygens (including phenoxy) is 1. The third-order valence-electron chi connectivity index (χ3n) is 1.77. The van der Waals surface area contributed by atoms with Crippen molar-refractivity contribution in [3.8, 4) is 0 Å². The Morgan fingerprint density at radius 3 is 2.20 bits per heavy atom. The van der Waals surface area contributed by atoms with E-state index >= 15 is 0 Å². The molecule has 7 heteroatoms. The topological polar surface area (TPSA) is 121 Å². The van der Waals surface area contributed by atoms with Crippen LogP contribution in [-0.4, -0.2) is 58.3 Å². The second-order valence-corrected chi connectivity index (χ2v) is 2.96. The molecule has 0 aliphatic heterocycles. The molecule has 0 aromatic carbocycles. The van der Waals surface area contributed by atoms with E-state index in [2.05, 4.69) is 4.74 Å². The first-order chi connectivity index (χ1) is 6.78. The van der Waals surface area contributed by atoms with Gasteiger partial charge in [0.25, 0.3) is 0 Å². The predicted octanol–water partition coefficient (Wildman–Crippen LogP) is -2.60. The number of rotatable bonds is 5. The number of hydrogen-bond acceptors (Lipinski definition) is 7. The van der Waals surface area contributed by atoms with Crippen molar-refractivity contribution >= 4 is 17.5 Å². The van der Waals surface area contributed by atoms with Crippen LogP contribution in [0.15, 0.2) is 0 Å². The minimum Gasteiger partial charge on any atom is -0.467 e. The second-order valence-electron chi connectivity index (χ2n) is 2.96. The van der Waals surface area contributed by atoms with Crippen LogP contribution in [0.4, 0.5) is 0 Å². The Bertz CT molecular complexity index is 281. The zero-order valence-electron chi connectivity index (χ0n) is 8.26. The summed E-state index contributed by atoms with van der Waals surface area (Å²) in [4.78, 5) is 32.9. The fourth-order valence-corrected chi connectivity index (χ4v) is 0.798. The zero-order valence-corrected chi connectivity index (χ0v) is 8.26. The summed E-state index contributed by atoms with van der Waals surface area (Å²) in [6.45, 7) is -0.279. The van der Waals surface area contributed by atoms with Gasteiger partial charge in [0.1, 0.15) is 6.61 Å². The Labute approximate surface area is 85.3 Å². The van der Waals surface area contributed by atoms with E-state index in [0.29, 0.717) is 0 Å². The summed E-state index contributed by atoms with van der Waals surface area (Å²) >= 11 is 0. The van der Waals surface area contributed by atoms with Crippen LogP contribution >= 0.6 is 0 Å². The van der Waals surface area contributed by atoms with Crippen LogP contribution in [0.5, 0.6) is 0 Å². The number of aliphatic hydroxyl groups excluding tert-OH is 2. The third kappa shape index (κ3) is 2.82. The fourth-order valence-electron chi connectivity index (χ4n) is 0.798. The number of esters is 1. The van der Waals surface area contributed by atoms with Gasteiger partial charge in [0, 0.05) is 0 Å². The first-order valence-electron chi connectivity index (χ1n) is 3.95. The van der Waals surface area contributed by atoms with E-state index in [-0.39, 0.29) is 0 Å². The zero-order chi connectivity index (χ0) is 12.2. The Kier molecular flexibility index (Phi) is 4.53. The number of methoxy groups -OCH3 is 1. The lowest BCUT2D eigenvalue weighted by molar-refractivity contribution is -0.170. The molecule has 0 bridgehead atoms. The van der Waals surface area contributed by atoms with Crippen LogP contribution in [0.3, 0.4) is 0 Å². The molecule has 86 valence electrons. The minimum atomic E-state index is -2.61. The highest BCUT2D eigenvalue weighted by molar-refractivity contribution is 6.16. The molecule has 7 nitrogen and oxygen atoms in total. The molecule has 2 atom stereocenters. The molecule has 0 aromatic heterocycles. The first-order valence-corrected chi connectivity index (χ1v) is 3.95. The molecule has 0 unspecified atom stereocenters. The number of hydrogen-bond donors (Lipinski definition) is 3. The molecule has 0 rings (SSSR count). The summed E-state index contributed by atoms with van der Waals surface area (Å²) in [5.41, 5.74) is -2.61. The molecule has 3 N–H and O–H groups in total. The molecule has 0 aliphatic rings. The fraction of sp³-hybridized carbons (Fsp3) is 0.625. The molecule has 15 heavy (non-hydrogen) atoms. The van der Waals surface area contributed by atoms with Crippen LogP contribution < -0.4 is 0 Å². The highest BCUT2D eigenvalue weighted by Crippen LogP contribution is 2.10. The van der Waals surface area contributed by atoms with Gasteiger partial charge in [-0.05, 0) is 6.92 Å². The molecule has 0 radical (unpaired) electrons. The average Bonchev–Trinajstić information content (AvgIpc) is 2.24. The van der Waals surface area contributed by atoms with Crippen molar-refractivity contribution in [1.82, 2.24) is 0 Å². The maximum atomic E-state index is 11.2. The first kappa shape index (κ1) is 13.7. The Morgan fingerprint density at radius 1 is 1.40 bits per heavy atom. The summed E-state index contributed by atoms with van der Waals surface area (Å²) in [5, 5.41) is 26.7. The van der Waals surface area contributed by atoms with Crippen LogP contribution in [0.2, 0.25) is 0 Å². The van der Waals surface area contributed by atoms with Crippen molar-refractivity contribution in [1.29, 1.82) is 0 Å². The second kappa shape index (κ2) is 4.96. The predicted molar refractivity (Wildman–Crippen MR) is 45.7 cm³/mol. The van der Waals surface area contributed by atoms with Crippen LogP contribution in [0.25, 0.3) is 0 Å². The average molecular weight is 220 g/mol. The van der Waals surface area contributed by atoms with E-state index in [9.17, 15) is 19.5 Å². The maximum absolute atomic E-state index is 11.2. The monoisotopic (exact) mass is 220 g/mol. The molecule has 0 aromatic rings. The number of Topliss-reactive ketones (excluding diaryl/α,β-unsaturated/α-hetero) is 2. The third-order valence-corrected chi connectivity index (χ3v) is 1.77. The van der Waals surface area contributed by atoms with Gasteiger partial charge in [0.05, 0.1) is 7.11 Å². The number of ketones is 2. The highest BCUT2D eigenvalue weighted by Gasteiger charge is 2.45. The lowest BCUT2D eigenvalue weighted by atomic mass is 9.95. The maximum Gasteiger partial charge on any atom is 0.345 e. The molecule has 0 heterocycles. The smallest absolute Gasteiger partial charge is 0.345 e. The van der Waals surface area contributed by atoms with Crippen molar-refractivity contribution in [3.63, 3.8) is 0 Å². The van der Waals surface area contributed by atoms with Crippen molar-refractivity contribution in [2.45, 2.75) is 18.6 Å². The van der Waals surface area contributed by atoms with E-state index in [4.69, 9.17) is 10.2 Å². The van der Waals surface area contributed by atoms with Crippen molar-refractivity contribution in [2.75, 3.05) is 13.7 Å². The normalized spacial score (nSPS) is 16.3. The van der Waals surface area contributed by atoms with Gasteiger partial charge in [0.15, 0.2) is 11.9 Å². The standard InChI is InChI=1S/C8H12O7/c1-8(14,7(13)15-2)6(12)5(11)4(10)3-9/h5,9,11,14H,3H2,1-2H3/t5-,8+/m1/s1. The van der Waals surface area contributed by atoms with Gasteiger partial charge in [0.2, 0.25) is 11.4 Å². The van der Waals surface area contributed by atoms with Gasteiger partial charge in [-0.25, -0.2) is 4.79 Å². The lowest BCUT2D eigenvalue weighted by Gasteiger charge is -2.20. The van der Waals surface area contributed by atoms with E-state index in [1.807, 2.05) is 0 Å². The minimum absolute atomic E-state index is 0.787. The quantitative estimate of drug-likeness (QED) is 0.343. The summed E-state index contributed by atoms with van der Waals surface area (Å²) < 4.78 is 4.11. The Hall–Kier alpha value is -1.31. The van der Waals surface area contributed by atoms with E-state index in [0.717, 1.165) is 14.0 Å². The van der Waals surface area contributed by atoms with Gasteiger partial charge < -0.3 is 20.1 Å². The van der Waals surface area contributed by atoms with E-state index in [1.165, 1.54) is 0 Å². The van der Waals surface area contributed by atoms with Gasteiger partial charge >= 0.3 is 5.97 Å². The number of carbonyl (C=O) groups excluding carboxylic acids is 3. The van der Waals surface area contributed by atoms with Crippen molar-refractivity contribution in [3.05, 3.63) is 0 Å². The summed E-state index contributed by atoms with van der Waals surface area (Å²) in [7, 11) is 0.935. The molecular weight excluding hydrogens is 208 g/mol.